The van der Waals surface area contributed by atoms with Crippen LogP contribution in [0.1, 0.15) is 40.3 Å². The number of rotatable bonds is 6. The number of hydrogen-bond donors (Lipinski definition) is 1. The summed E-state index contributed by atoms with van der Waals surface area (Å²) in [6, 6.07) is 9.54. The second kappa shape index (κ2) is 7.08. The summed E-state index contributed by atoms with van der Waals surface area (Å²) in [4.78, 5) is 16.7. The van der Waals surface area contributed by atoms with Crippen molar-refractivity contribution in [2.75, 3.05) is 0 Å². The summed E-state index contributed by atoms with van der Waals surface area (Å²) in [5, 5.41) is 11.1. The van der Waals surface area contributed by atoms with Crippen LogP contribution in [-0.4, -0.2) is 25.8 Å². The van der Waals surface area contributed by atoms with Crippen molar-refractivity contribution in [3.05, 3.63) is 65.6 Å². The second-order valence-electron chi connectivity index (χ2n) is 5.47. The van der Waals surface area contributed by atoms with Crippen LogP contribution in [0.5, 0.6) is 0 Å². The van der Waals surface area contributed by atoms with Gasteiger partial charge in [0, 0.05) is 0 Å². The highest BCUT2D eigenvalue weighted by molar-refractivity contribution is 5.96. The van der Waals surface area contributed by atoms with Gasteiger partial charge in [-0.2, -0.15) is 5.10 Å². The molecule has 3 aromatic rings. The molecule has 0 saturated carbocycles. The van der Waals surface area contributed by atoms with Crippen molar-refractivity contribution in [1.82, 2.24) is 25.2 Å². The number of aryl methyl sites for hydroxylation is 2. The lowest BCUT2D eigenvalue weighted by Gasteiger charge is -2.19. The summed E-state index contributed by atoms with van der Waals surface area (Å²) < 4.78 is 6.86. The van der Waals surface area contributed by atoms with Gasteiger partial charge in [0.15, 0.2) is 0 Å². The first-order chi connectivity index (χ1) is 11.7. The van der Waals surface area contributed by atoms with Crippen LogP contribution in [0, 0.1) is 6.92 Å². The van der Waals surface area contributed by atoms with E-state index < -0.39 is 0 Å². The lowest BCUT2D eigenvalue weighted by molar-refractivity contribution is 0.0929. The van der Waals surface area contributed by atoms with Gasteiger partial charge in [-0.15, -0.1) is 0 Å². The van der Waals surface area contributed by atoms with Crippen molar-refractivity contribution >= 4 is 5.91 Å². The van der Waals surface area contributed by atoms with Crippen LogP contribution < -0.4 is 5.32 Å². The molecule has 7 nitrogen and oxygen atoms in total. The Balaban J connectivity index is 1.86. The van der Waals surface area contributed by atoms with E-state index in [0.717, 1.165) is 5.56 Å². The molecule has 0 unspecified atom stereocenters. The van der Waals surface area contributed by atoms with Gasteiger partial charge in [0.2, 0.25) is 0 Å². The summed E-state index contributed by atoms with van der Waals surface area (Å²) in [7, 11) is 0. The third kappa shape index (κ3) is 3.34. The van der Waals surface area contributed by atoms with Gasteiger partial charge in [-0.1, -0.05) is 42.4 Å². The van der Waals surface area contributed by atoms with Gasteiger partial charge in [0.05, 0.1) is 18.3 Å². The molecule has 2 aromatic heterocycles. The fourth-order valence-electron chi connectivity index (χ4n) is 2.61. The summed E-state index contributed by atoms with van der Waals surface area (Å²) in [6.07, 6.45) is 3.74. The standard InChI is InChI=1S/C17H19N5O2/c1-3-14-16(12(2)24-21-14)17(23)20-15(9-22-11-18-10-19-22)13-7-5-4-6-8-13/h4-8,10-11,15H,3,9H2,1-2H3,(H,20,23)/t15-/m1/s1. The molecule has 3 rings (SSSR count). The maximum absolute atomic E-state index is 12.8. The Hall–Kier alpha value is -2.96. The molecule has 0 saturated heterocycles. The number of nitrogens with one attached hydrogen (secondary N) is 1. The summed E-state index contributed by atoms with van der Waals surface area (Å²) in [5.41, 5.74) is 2.17. The fourth-order valence-corrected chi connectivity index (χ4v) is 2.61. The molecule has 0 aliphatic rings. The zero-order chi connectivity index (χ0) is 16.9. The van der Waals surface area contributed by atoms with Crippen LogP contribution in [0.15, 0.2) is 47.5 Å². The molecule has 1 aromatic carbocycles. The van der Waals surface area contributed by atoms with Gasteiger partial charge in [-0.05, 0) is 18.9 Å². The van der Waals surface area contributed by atoms with Gasteiger partial charge in [0.1, 0.15) is 24.0 Å². The average Bonchev–Trinajstić information content (AvgIpc) is 3.24. The van der Waals surface area contributed by atoms with Gasteiger partial charge >= 0.3 is 0 Å². The van der Waals surface area contributed by atoms with E-state index in [2.05, 4.69) is 20.6 Å². The van der Waals surface area contributed by atoms with Gasteiger partial charge in [0.25, 0.3) is 5.91 Å². The molecule has 0 bridgehead atoms. The first-order valence-corrected chi connectivity index (χ1v) is 7.82. The minimum Gasteiger partial charge on any atom is -0.361 e. The van der Waals surface area contributed by atoms with Gasteiger partial charge in [-0.25, -0.2) is 4.98 Å². The SMILES string of the molecule is CCc1noc(C)c1C(=O)N[C@H](Cn1cncn1)c1ccccc1. The molecule has 0 aliphatic carbocycles. The minimum atomic E-state index is -0.237. The van der Waals surface area contributed by atoms with E-state index in [0.29, 0.717) is 30.0 Å². The molecule has 7 heteroatoms. The zero-order valence-corrected chi connectivity index (χ0v) is 13.6. The van der Waals surface area contributed by atoms with E-state index in [9.17, 15) is 4.79 Å². The van der Waals surface area contributed by atoms with E-state index >= 15 is 0 Å². The number of benzene rings is 1. The van der Waals surface area contributed by atoms with Crippen molar-refractivity contribution in [2.24, 2.45) is 0 Å². The van der Waals surface area contributed by atoms with Crippen molar-refractivity contribution in [3.63, 3.8) is 0 Å². The molecule has 1 N–H and O–H groups in total. The molecule has 124 valence electrons. The van der Waals surface area contributed by atoms with Crippen molar-refractivity contribution in [3.8, 4) is 0 Å². The van der Waals surface area contributed by atoms with E-state index in [1.165, 1.54) is 6.33 Å². The molecule has 2 heterocycles. The Morgan fingerprint density at radius 3 is 2.79 bits per heavy atom. The number of hydrogen-bond acceptors (Lipinski definition) is 5. The zero-order valence-electron chi connectivity index (χ0n) is 13.6. The van der Waals surface area contributed by atoms with E-state index in [1.807, 2.05) is 37.3 Å². The second-order valence-corrected chi connectivity index (χ2v) is 5.47. The molecular formula is C17H19N5O2. The topological polar surface area (TPSA) is 85.8 Å². The van der Waals surface area contributed by atoms with E-state index in [-0.39, 0.29) is 11.9 Å². The van der Waals surface area contributed by atoms with Crippen LogP contribution in [0.25, 0.3) is 0 Å². The molecule has 24 heavy (non-hydrogen) atoms. The molecule has 0 radical (unpaired) electrons. The molecule has 0 aliphatic heterocycles. The number of carbonyl (C=O) groups is 1. The maximum Gasteiger partial charge on any atom is 0.257 e. The lowest BCUT2D eigenvalue weighted by Crippen LogP contribution is -2.32. The molecule has 0 fully saturated rings. The Bertz CT molecular complexity index is 796. The number of carbonyl (C=O) groups excluding carboxylic acids is 1. The Morgan fingerprint density at radius 1 is 1.33 bits per heavy atom. The molecule has 1 atom stereocenters. The largest absolute Gasteiger partial charge is 0.361 e. The van der Waals surface area contributed by atoms with Crippen LogP contribution in [0.4, 0.5) is 0 Å². The van der Waals surface area contributed by atoms with Crippen molar-refractivity contribution in [1.29, 1.82) is 0 Å². The van der Waals surface area contributed by atoms with Crippen LogP contribution in [0.3, 0.4) is 0 Å². The maximum atomic E-state index is 12.8. The van der Waals surface area contributed by atoms with Crippen molar-refractivity contribution < 1.29 is 9.32 Å². The smallest absolute Gasteiger partial charge is 0.257 e. The highest BCUT2D eigenvalue weighted by Gasteiger charge is 2.23. The third-order valence-corrected chi connectivity index (χ3v) is 3.84. The van der Waals surface area contributed by atoms with Gasteiger partial charge in [-0.3, -0.25) is 9.48 Å². The fraction of sp³-hybridized carbons (Fsp3) is 0.294. The highest BCUT2D eigenvalue weighted by atomic mass is 16.5. The lowest BCUT2D eigenvalue weighted by atomic mass is 10.1. The van der Waals surface area contributed by atoms with Crippen LogP contribution in [-0.2, 0) is 13.0 Å². The number of amides is 1. The van der Waals surface area contributed by atoms with Gasteiger partial charge < -0.3 is 9.84 Å². The van der Waals surface area contributed by atoms with E-state index in [1.54, 1.807) is 17.9 Å². The minimum absolute atomic E-state index is 0.195. The van der Waals surface area contributed by atoms with E-state index in [4.69, 9.17) is 4.52 Å². The third-order valence-electron chi connectivity index (χ3n) is 3.84. The Labute approximate surface area is 139 Å². The van der Waals surface area contributed by atoms with Crippen molar-refractivity contribution in [2.45, 2.75) is 32.9 Å². The first kappa shape index (κ1) is 15.9. The summed E-state index contributed by atoms with van der Waals surface area (Å²) >= 11 is 0. The number of aromatic nitrogens is 4. The monoisotopic (exact) mass is 325 g/mol. The summed E-state index contributed by atoms with van der Waals surface area (Å²) in [6.45, 7) is 4.18. The molecule has 1 amide bonds. The normalized spacial score (nSPS) is 12.1. The Morgan fingerprint density at radius 2 is 2.12 bits per heavy atom. The van der Waals surface area contributed by atoms with Crippen LogP contribution in [0.2, 0.25) is 0 Å². The van der Waals surface area contributed by atoms with Crippen LogP contribution >= 0.6 is 0 Å². The quantitative estimate of drug-likeness (QED) is 0.751. The first-order valence-electron chi connectivity index (χ1n) is 7.82. The highest BCUT2D eigenvalue weighted by Crippen LogP contribution is 2.19. The molecule has 0 spiro atoms. The average molecular weight is 325 g/mol. The number of nitrogens with zero attached hydrogens (tertiary/aromatic N) is 4. The summed E-state index contributed by atoms with van der Waals surface area (Å²) in [5.74, 6) is 0.330. The Kier molecular flexibility index (Phi) is 4.69. The predicted molar refractivity (Wildman–Crippen MR) is 87.3 cm³/mol. The predicted octanol–water partition coefficient (Wildman–Crippen LogP) is 2.31. The molecular weight excluding hydrogens is 306 g/mol.